The minimum absolute atomic E-state index is 0.0465. The van der Waals surface area contributed by atoms with E-state index in [1.165, 1.54) is 11.1 Å². The van der Waals surface area contributed by atoms with Crippen LogP contribution in [0, 0.1) is 0 Å². The topological polar surface area (TPSA) is 55.5 Å². The van der Waals surface area contributed by atoms with Crippen molar-refractivity contribution in [3.63, 3.8) is 0 Å². The molecule has 86 valence electrons. The number of aliphatic hydroxyl groups excluding tert-OH is 1. The fourth-order valence-corrected chi connectivity index (χ4v) is 2.97. The van der Waals surface area contributed by atoms with Crippen LogP contribution in [0.5, 0.6) is 5.75 Å². The number of para-hydroxylation sites is 1. The van der Waals surface area contributed by atoms with Gasteiger partial charge in [0.15, 0.2) is 0 Å². The van der Waals surface area contributed by atoms with E-state index in [1.54, 1.807) is 0 Å². The summed E-state index contributed by atoms with van der Waals surface area (Å²) in [6.45, 7) is 1.36. The molecule has 3 rings (SSSR count). The van der Waals surface area contributed by atoms with Crippen molar-refractivity contribution < 1.29 is 9.84 Å². The number of hydrogen-bond donors (Lipinski definition) is 2. The van der Waals surface area contributed by atoms with Crippen LogP contribution in [0.1, 0.15) is 24.0 Å². The standard InChI is InChI=1S/C13H17NO2/c14-8-13(6-10(15)7-13)11-3-1-2-9-4-5-16-12(9)11/h1-3,10,15H,4-8,14H2. The number of benzene rings is 1. The van der Waals surface area contributed by atoms with Gasteiger partial charge in [0.25, 0.3) is 0 Å². The van der Waals surface area contributed by atoms with Gasteiger partial charge in [-0.1, -0.05) is 18.2 Å². The molecule has 0 saturated heterocycles. The largest absolute Gasteiger partial charge is 0.493 e. The molecule has 3 N–H and O–H groups in total. The highest BCUT2D eigenvalue weighted by Crippen LogP contribution is 2.48. The molecule has 2 aliphatic rings. The molecule has 1 aliphatic carbocycles. The van der Waals surface area contributed by atoms with Gasteiger partial charge >= 0.3 is 0 Å². The Kier molecular flexibility index (Phi) is 2.19. The average molecular weight is 219 g/mol. The second kappa shape index (κ2) is 3.47. The van der Waals surface area contributed by atoms with Crippen LogP contribution in [0.15, 0.2) is 18.2 Å². The van der Waals surface area contributed by atoms with E-state index in [4.69, 9.17) is 10.5 Å². The molecule has 0 spiro atoms. The normalized spacial score (nSPS) is 31.8. The monoisotopic (exact) mass is 219 g/mol. The van der Waals surface area contributed by atoms with Crippen LogP contribution >= 0.6 is 0 Å². The summed E-state index contributed by atoms with van der Waals surface area (Å²) >= 11 is 0. The molecule has 3 heteroatoms. The first-order valence-electron chi connectivity index (χ1n) is 5.88. The van der Waals surface area contributed by atoms with Crippen molar-refractivity contribution in [2.45, 2.75) is 30.8 Å². The van der Waals surface area contributed by atoms with Crippen molar-refractivity contribution in [1.29, 1.82) is 0 Å². The first kappa shape index (κ1) is 10.1. The molecule has 0 unspecified atom stereocenters. The number of hydrogen-bond acceptors (Lipinski definition) is 3. The Labute approximate surface area is 95.2 Å². The van der Waals surface area contributed by atoms with Crippen LogP contribution in [0.3, 0.4) is 0 Å². The summed E-state index contributed by atoms with van der Waals surface area (Å²) in [5.41, 5.74) is 8.33. The molecule has 0 radical (unpaired) electrons. The van der Waals surface area contributed by atoms with E-state index in [1.807, 2.05) is 0 Å². The predicted molar refractivity (Wildman–Crippen MR) is 61.6 cm³/mol. The molecule has 1 heterocycles. The van der Waals surface area contributed by atoms with Crippen LogP contribution in [-0.4, -0.2) is 24.4 Å². The Morgan fingerprint density at radius 1 is 1.44 bits per heavy atom. The Hall–Kier alpha value is -1.06. The zero-order valence-corrected chi connectivity index (χ0v) is 9.28. The molecule has 1 aliphatic heterocycles. The summed E-state index contributed by atoms with van der Waals surface area (Å²) in [6, 6.07) is 6.29. The summed E-state index contributed by atoms with van der Waals surface area (Å²) in [7, 11) is 0. The average Bonchev–Trinajstić information content (AvgIpc) is 2.72. The second-order valence-corrected chi connectivity index (χ2v) is 4.94. The fourth-order valence-electron chi connectivity index (χ4n) is 2.97. The molecule has 0 atom stereocenters. The Morgan fingerprint density at radius 3 is 2.94 bits per heavy atom. The van der Waals surface area contributed by atoms with E-state index in [9.17, 15) is 5.11 Å². The van der Waals surface area contributed by atoms with Gasteiger partial charge in [-0.3, -0.25) is 0 Å². The van der Waals surface area contributed by atoms with Crippen molar-refractivity contribution in [3.05, 3.63) is 29.3 Å². The van der Waals surface area contributed by atoms with Crippen LogP contribution in [-0.2, 0) is 11.8 Å². The molecule has 3 nitrogen and oxygen atoms in total. The van der Waals surface area contributed by atoms with Gasteiger partial charge < -0.3 is 15.6 Å². The van der Waals surface area contributed by atoms with E-state index in [0.717, 1.165) is 31.6 Å². The minimum atomic E-state index is -0.194. The van der Waals surface area contributed by atoms with Crippen molar-refractivity contribution in [2.24, 2.45) is 5.73 Å². The SMILES string of the molecule is NCC1(c2cccc3c2OCC3)CC(O)C1. The van der Waals surface area contributed by atoms with Crippen molar-refractivity contribution in [2.75, 3.05) is 13.2 Å². The first-order valence-corrected chi connectivity index (χ1v) is 5.88. The molecule has 0 aromatic heterocycles. The van der Waals surface area contributed by atoms with Gasteiger partial charge in [0.2, 0.25) is 0 Å². The minimum Gasteiger partial charge on any atom is -0.493 e. The van der Waals surface area contributed by atoms with Gasteiger partial charge in [-0.2, -0.15) is 0 Å². The lowest BCUT2D eigenvalue weighted by Crippen LogP contribution is -2.49. The second-order valence-electron chi connectivity index (χ2n) is 4.94. The number of ether oxygens (including phenoxy) is 1. The fraction of sp³-hybridized carbons (Fsp3) is 0.538. The number of nitrogens with two attached hydrogens (primary N) is 1. The third-order valence-corrected chi connectivity index (χ3v) is 3.93. The Morgan fingerprint density at radius 2 is 2.25 bits per heavy atom. The van der Waals surface area contributed by atoms with Crippen LogP contribution < -0.4 is 10.5 Å². The molecular weight excluding hydrogens is 202 g/mol. The maximum atomic E-state index is 9.53. The summed E-state index contributed by atoms with van der Waals surface area (Å²) in [6.07, 6.45) is 2.33. The molecule has 1 saturated carbocycles. The van der Waals surface area contributed by atoms with Crippen LogP contribution in [0.2, 0.25) is 0 Å². The lowest BCUT2D eigenvalue weighted by atomic mass is 9.62. The van der Waals surface area contributed by atoms with E-state index in [0.29, 0.717) is 6.54 Å². The summed E-state index contributed by atoms with van der Waals surface area (Å²) < 4.78 is 5.71. The molecule has 16 heavy (non-hydrogen) atoms. The zero-order valence-electron chi connectivity index (χ0n) is 9.28. The first-order chi connectivity index (χ1) is 7.75. The van der Waals surface area contributed by atoms with Gasteiger partial charge in [-0.25, -0.2) is 0 Å². The Bertz CT molecular complexity index is 410. The van der Waals surface area contributed by atoms with Crippen molar-refractivity contribution in [1.82, 2.24) is 0 Å². The highest BCUT2D eigenvalue weighted by atomic mass is 16.5. The van der Waals surface area contributed by atoms with E-state index >= 15 is 0 Å². The molecule has 1 aromatic rings. The van der Waals surface area contributed by atoms with Crippen molar-refractivity contribution >= 4 is 0 Å². The summed E-state index contributed by atoms with van der Waals surface area (Å²) in [5.74, 6) is 1.03. The third kappa shape index (κ3) is 1.28. The summed E-state index contributed by atoms with van der Waals surface area (Å²) in [4.78, 5) is 0. The molecule has 1 fully saturated rings. The lowest BCUT2D eigenvalue weighted by molar-refractivity contribution is 0.0211. The maximum absolute atomic E-state index is 9.53. The van der Waals surface area contributed by atoms with Gasteiger partial charge in [-0.15, -0.1) is 0 Å². The lowest BCUT2D eigenvalue weighted by Gasteiger charge is -2.45. The number of aliphatic hydroxyl groups is 1. The quantitative estimate of drug-likeness (QED) is 0.779. The van der Waals surface area contributed by atoms with E-state index in [-0.39, 0.29) is 11.5 Å². The van der Waals surface area contributed by atoms with Gasteiger partial charge in [0.05, 0.1) is 12.7 Å². The molecule has 0 amide bonds. The highest BCUT2D eigenvalue weighted by Gasteiger charge is 2.46. The molecule has 1 aromatic carbocycles. The number of rotatable bonds is 2. The van der Waals surface area contributed by atoms with E-state index in [2.05, 4.69) is 18.2 Å². The zero-order chi connectivity index (χ0) is 11.2. The molecule has 0 bridgehead atoms. The van der Waals surface area contributed by atoms with Gasteiger partial charge in [0.1, 0.15) is 5.75 Å². The van der Waals surface area contributed by atoms with Gasteiger partial charge in [0, 0.05) is 23.9 Å². The number of fused-ring (bicyclic) bond motifs is 1. The highest BCUT2D eigenvalue weighted by molar-refractivity contribution is 5.49. The smallest absolute Gasteiger partial charge is 0.126 e. The molecular formula is C13H17NO2. The van der Waals surface area contributed by atoms with Crippen LogP contribution in [0.4, 0.5) is 0 Å². The van der Waals surface area contributed by atoms with Crippen LogP contribution in [0.25, 0.3) is 0 Å². The Balaban J connectivity index is 2.03. The summed E-state index contributed by atoms with van der Waals surface area (Å²) in [5, 5.41) is 9.53. The third-order valence-electron chi connectivity index (χ3n) is 3.93. The van der Waals surface area contributed by atoms with E-state index < -0.39 is 0 Å². The predicted octanol–water partition coefficient (Wildman–Crippen LogP) is 0.973. The van der Waals surface area contributed by atoms with Crippen molar-refractivity contribution in [3.8, 4) is 5.75 Å². The maximum Gasteiger partial charge on any atom is 0.126 e. The van der Waals surface area contributed by atoms with Gasteiger partial charge in [-0.05, 0) is 18.4 Å².